The number of ketones is 1. The van der Waals surface area contributed by atoms with Crippen LogP contribution in [0.2, 0.25) is 0 Å². The predicted octanol–water partition coefficient (Wildman–Crippen LogP) is 1.62. The lowest BCUT2D eigenvalue weighted by Gasteiger charge is -1.97. The molecule has 1 heterocycles. The fourth-order valence-corrected chi connectivity index (χ4v) is 1.27. The van der Waals surface area contributed by atoms with Crippen molar-refractivity contribution >= 4 is 23.0 Å². The predicted molar refractivity (Wildman–Crippen MR) is 52.1 cm³/mol. The van der Waals surface area contributed by atoms with E-state index in [-0.39, 0.29) is 0 Å². The van der Waals surface area contributed by atoms with Gasteiger partial charge in [0.25, 0.3) is 0 Å². The molecule has 1 aromatic carbocycles. The van der Waals surface area contributed by atoms with Crippen LogP contribution in [-0.4, -0.2) is 17.1 Å². The Kier molecular flexibility index (Phi) is 2.07. The number of Topliss-reactive ketones (excluding diaryl/α,β-unsaturated/α-hetero) is 1. The molecule has 0 amide bonds. The Morgan fingerprint density at radius 2 is 2.07 bits per heavy atom. The van der Waals surface area contributed by atoms with Gasteiger partial charge in [-0.1, -0.05) is 18.2 Å². The average Bonchev–Trinajstić information content (AvgIpc) is 2.27. The molecule has 0 unspecified atom stereocenters. The molecule has 3 nitrogen and oxygen atoms in total. The zero-order chi connectivity index (χ0) is 9.97. The number of carbonyl (C=O) groups excluding carboxylic acids is 2. The second kappa shape index (κ2) is 3.38. The molecule has 0 fully saturated rings. The minimum absolute atomic E-state index is 0.297. The molecule has 0 spiro atoms. The van der Waals surface area contributed by atoms with Gasteiger partial charge in [-0.15, -0.1) is 0 Å². The zero-order valence-corrected chi connectivity index (χ0v) is 7.31. The van der Waals surface area contributed by atoms with E-state index in [4.69, 9.17) is 0 Å². The Morgan fingerprint density at radius 1 is 1.29 bits per heavy atom. The van der Waals surface area contributed by atoms with Gasteiger partial charge in [-0.3, -0.25) is 14.6 Å². The molecular weight excluding hydrogens is 178 g/mol. The Morgan fingerprint density at radius 3 is 2.86 bits per heavy atom. The summed E-state index contributed by atoms with van der Waals surface area (Å²) in [7, 11) is 0. The number of benzene rings is 1. The maximum absolute atomic E-state index is 11.0. The molecule has 68 valence electrons. The zero-order valence-electron chi connectivity index (χ0n) is 7.31. The molecule has 3 heteroatoms. The van der Waals surface area contributed by atoms with Gasteiger partial charge in [0.05, 0.1) is 5.52 Å². The highest BCUT2D eigenvalue weighted by molar-refractivity contribution is 6.33. The number of hydrogen-bond acceptors (Lipinski definition) is 3. The molecule has 2 rings (SSSR count). The summed E-state index contributed by atoms with van der Waals surface area (Å²) in [4.78, 5) is 25.4. The van der Waals surface area contributed by atoms with Gasteiger partial charge in [-0.25, -0.2) is 0 Å². The summed E-state index contributed by atoms with van der Waals surface area (Å²) in [5, 5.41) is 0.861. The van der Waals surface area contributed by atoms with Crippen LogP contribution in [0.25, 0.3) is 10.9 Å². The van der Waals surface area contributed by atoms with Gasteiger partial charge >= 0.3 is 0 Å². The van der Waals surface area contributed by atoms with Crippen LogP contribution < -0.4 is 0 Å². The van der Waals surface area contributed by atoms with Gasteiger partial charge in [-0.2, -0.15) is 0 Å². The SMILES string of the molecule is O=CC(=O)c1cnc2ccccc2c1. The summed E-state index contributed by atoms with van der Waals surface area (Å²) in [5.74, 6) is -0.539. The molecule has 0 atom stereocenters. The van der Waals surface area contributed by atoms with Gasteiger partial charge in [0.2, 0.25) is 5.78 Å². The molecule has 1 aromatic heterocycles. The monoisotopic (exact) mass is 185 g/mol. The Hall–Kier alpha value is -2.03. The molecule has 0 N–H and O–H groups in total. The van der Waals surface area contributed by atoms with E-state index in [1.54, 1.807) is 6.07 Å². The summed E-state index contributed by atoms with van der Waals surface area (Å²) >= 11 is 0. The number of pyridine rings is 1. The van der Waals surface area contributed by atoms with E-state index < -0.39 is 5.78 Å². The van der Waals surface area contributed by atoms with E-state index in [0.717, 1.165) is 10.9 Å². The Balaban J connectivity index is 2.62. The van der Waals surface area contributed by atoms with Crippen molar-refractivity contribution in [2.45, 2.75) is 0 Å². The lowest BCUT2D eigenvalue weighted by molar-refractivity contribution is -0.104. The van der Waals surface area contributed by atoms with Crippen LogP contribution >= 0.6 is 0 Å². The third-order valence-electron chi connectivity index (χ3n) is 1.98. The van der Waals surface area contributed by atoms with Crippen molar-refractivity contribution < 1.29 is 9.59 Å². The van der Waals surface area contributed by atoms with E-state index in [9.17, 15) is 9.59 Å². The molecule has 0 bridgehead atoms. The number of carbonyl (C=O) groups is 2. The number of aldehydes is 1. The first-order valence-corrected chi connectivity index (χ1v) is 4.15. The van der Waals surface area contributed by atoms with Gasteiger partial charge < -0.3 is 0 Å². The minimum atomic E-state index is -0.539. The van der Waals surface area contributed by atoms with Crippen molar-refractivity contribution in [2.24, 2.45) is 0 Å². The molecule has 0 saturated heterocycles. The second-order valence-corrected chi connectivity index (χ2v) is 2.90. The normalized spacial score (nSPS) is 10.0. The number of nitrogens with zero attached hydrogens (tertiary/aromatic N) is 1. The first kappa shape index (κ1) is 8.56. The van der Waals surface area contributed by atoms with Crippen LogP contribution in [-0.2, 0) is 4.79 Å². The summed E-state index contributed by atoms with van der Waals surface area (Å²) in [6.07, 6.45) is 1.71. The standard InChI is InChI=1S/C11H7NO2/c13-7-11(14)9-5-8-3-1-2-4-10(8)12-6-9/h1-7H. The summed E-state index contributed by atoms with van der Waals surface area (Å²) in [6.45, 7) is 0. The topological polar surface area (TPSA) is 47.0 Å². The van der Waals surface area contributed by atoms with Crippen LogP contribution in [0.5, 0.6) is 0 Å². The summed E-state index contributed by atoms with van der Waals surface area (Å²) < 4.78 is 0. The second-order valence-electron chi connectivity index (χ2n) is 2.90. The third-order valence-corrected chi connectivity index (χ3v) is 1.98. The summed E-state index contributed by atoms with van der Waals surface area (Å²) in [5.41, 5.74) is 1.15. The quantitative estimate of drug-likeness (QED) is 0.405. The van der Waals surface area contributed by atoms with Gasteiger partial charge in [0.1, 0.15) is 0 Å². The van der Waals surface area contributed by atoms with Crippen LogP contribution in [0, 0.1) is 0 Å². The van der Waals surface area contributed by atoms with Gasteiger partial charge in [-0.05, 0) is 12.1 Å². The van der Waals surface area contributed by atoms with Crippen molar-refractivity contribution in [1.29, 1.82) is 0 Å². The van der Waals surface area contributed by atoms with E-state index in [1.807, 2.05) is 24.3 Å². The van der Waals surface area contributed by atoms with E-state index in [2.05, 4.69) is 4.98 Å². The first-order chi connectivity index (χ1) is 6.81. The Labute approximate surface area is 80.4 Å². The first-order valence-electron chi connectivity index (χ1n) is 4.15. The molecule has 0 radical (unpaired) electrons. The van der Waals surface area contributed by atoms with E-state index >= 15 is 0 Å². The molecule has 14 heavy (non-hydrogen) atoms. The maximum Gasteiger partial charge on any atom is 0.226 e. The molecule has 2 aromatic rings. The summed E-state index contributed by atoms with van der Waals surface area (Å²) in [6, 6.07) is 9.10. The number of aromatic nitrogens is 1. The fourth-order valence-electron chi connectivity index (χ4n) is 1.27. The molecular formula is C11H7NO2. The highest BCUT2D eigenvalue weighted by Crippen LogP contribution is 2.12. The number of fused-ring (bicyclic) bond motifs is 1. The number of rotatable bonds is 2. The highest BCUT2D eigenvalue weighted by Gasteiger charge is 2.04. The molecule has 0 saturated carbocycles. The molecule has 0 aliphatic carbocycles. The van der Waals surface area contributed by atoms with Crippen LogP contribution in [0.1, 0.15) is 10.4 Å². The van der Waals surface area contributed by atoms with Crippen molar-refractivity contribution in [3.8, 4) is 0 Å². The lowest BCUT2D eigenvalue weighted by atomic mass is 10.1. The van der Waals surface area contributed by atoms with Crippen LogP contribution in [0.4, 0.5) is 0 Å². The van der Waals surface area contributed by atoms with Crippen molar-refractivity contribution in [2.75, 3.05) is 0 Å². The van der Waals surface area contributed by atoms with Crippen molar-refractivity contribution in [1.82, 2.24) is 4.98 Å². The maximum atomic E-state index is 11.0. The van der Waals surface area contributed by atoms with Gasteiger partial charge in [0.15, 0.2) is 6.29 Å². The van der Waals surface area contributed by atoms with Crippen LogP contribution in [0.3, 0.4) is 0 Å². The third kappa shape index (κ3) is 1.40. The Bertz CT molecular complexity index is 505. The largest absolute Gasteiger partial charge is 0.294 e. The van der Waals surface area contributed by atoms with E-state index in [0.29, 0.717) is 11.8 Å². The van der Waals surface area contributed by atoms with Crippen molar-refractivity contribution in [3.63, 3.8) is 0 Å². The van der Waals surface area contributed by atoms with Crippen LogP contribution in [0.15, 0.2) is 36.5 Å². The molecule has 0 aliphatic rings. The van der Waals surface area contributed by atoms with Crippen molar-refractivity contribution in [3.05, 3.63) is 42.1 Å². The highest BCUT2D eigenvalue weighted by atomic mass is 16.2. The number of para-hydroxylation sites is 1. The average molecular weight is 185 g/mol. The molecule has 0 aliphatic heterocycles. The smallest absolute Gasteiger partial charge is 0.226 e. The minimum Gasteiger partial charge on any atom is -0.294 e. The lowest BCUT2D eigenvalue weighted by Crippen LogP contribution is -2.00. The fraction of sp³-hybridized carbons (Fsp3) is 0. The van der Waals surface area contributed by atoms with Gasteiger partial charge in [0, 0.05) is 17.1 Å². The number of hydrogen-bond donors (Lipinski definition) is 0. The van der Waals surface area contributed by atoms with E-state index in [1.165, 1.54) is 6.20 Å².